The largest absolute Gasteiger partial charge is 1.00 e. The summed E-state index contributed by atoms with van der Waals surface area (Å²) in [4.78, 5) is 0. The predicted molar refractivity (Wildman–Crippen MR) is 14.0 cm³/mol. The molecular formula is CH3KOS. The third-order valence-corrected chi connectivity index (χ3v) is 0. The summed E-state index contributed by atoms with van der Waals surface area (Å²) in [6.07, 6.45) is 1.49. The molecule has 3 heteroatoms. The fraction of sp³-hybridized carbons (Fsp3) is 1.00. The van der Waals surface area contributed by atoms with E-state index in [2.05, 4.69) is 0 Å². The van der Waals surface area contributed by atoms with Crippen molar-refractivity contribution < 1.29 is 55.6 Å². The van der Waals surface area contributed by atoms with Crippen molar-refractivity contribution in [2.75, 3.05) is 6.26 Å². The van der Waals surface area contributed by atoms with Crippen LogP contribution in [-0.2, 0) is 15.9 Å². The first-order valence-corrected chi connectivity index (χ1v) is 1.72. The predicted octanol–water partition coefficient (Wildman–Crippen LogP) is -2.95. The van der Waals surface area contributed by atoms with E-state index in [9.17, 15) is 0 Å². The molecule has 0 saturated heterocycles. The third-order valence-electron chi connectivity index (χ3n) is 0. The number of rotatable bonds is 0. The minimum Gasteiger partial charge on any atom is -0.485 e. The van der Waals surface area contributed by atoms with Gasteiger partial charge in [0.1, 0.15) is 0 Å². The molecule has 0 saturated carbocycles. The topological polar surface area (TPSA) is 17.1 Å². The Morgan fingerprint density at radius 1 is 1.75 bits per heavy atom. The van der Waals surface area contributed by atoms with E-state index in [4.69, 9.17) is 4.21 Å². The molecule has 0 aliphatic rings. The number of hydrogen-bond acceptors (Lipinski definition) is 2. The van der Waals surface area contributed by atoms with Crippen LogP contribution in [0.25, 0.3) is 0 Å². The molecule has 4 heavy (non-hydrogen) atoms. The van der Waals surface area contributed by atoms with Gasteiger partial charge in [0.05, 0.1) is 0 Å². The summed E-state index contributed by atoms with van der Waals surface area (Å²) in [5.41, 5.74) is 0. The Balaban J connectivity index is 0. The van der Waals surface area contributed by atoms with Crippen molar-refractivity contribution in [3.05, 3.63) is 0 Å². The zero-order valence-corrected chi connectivity index (χ0v) is 6.76. The van der Waals surface area contributed by atoms with Crippen LogP contribution >= 0.6 is 0 Å². The van der Waals surface area contributed by atoms with Gasteiger partial charge >= 0.3 is 51.4 Å². The molecule has 0 unspecified atom stereocenters. The van der Waals surface area contributed by atoms with Gasteiger partial charge in [0.25, 0.3) is 0 Å². The van der Waals surface area contributed by atoms with E-state index in [1.54, 1.807) is 0 Å². The standard InChI is InChI=1S/CH3OS.K/c1-3-2;/h1H3;/q-1;+1. The van der Waals surface area contributed by atoms with Gasteiger partial charge in [-0.1, -0.05) is 0 Å². The summed E-state index contributed by atoms with van der Waals surface area (Å²) in [6.45, 7) is 0. The molecule has 0 heterocycles. The molecule has 0 bridgehead atoms. The summed E-state index contributed by atoms with van der Waals surface area (Å²) in [5.74, 6) is 0. The molecule has 1 nitrogen and oxygen atoms in total. The normalized spacial score (nSPS) is 4.25. The molecule has 0 amide bonds. The fourth-order valence-electron chi connectivity index (χ4n) is 0. The Morgan fingerprint density at radius 3 is 1.75 bits per heavy atom. The molecule has 20 valence electrons. The van der Waals surface area contributed by atoms with Gasteiger partial charge in [-0.2, -0.15) is 0 Å². The number of hydrogen-bond donors (Lipinski definition) is 0. The Hall–Kier alpha value is 1.79. The molecule has 0 atom stereocenters. The first kappa shape index (κ1) is 9.25. The van der Waals surface area contributed by atoms with Gasteiger partial charge in [-0.25, -0.2) is 0 Å². The zero-order valence-electron chi connectivity index (χ0n) is 2.82. The summed E-state index contributed by atoms with van der Waals surface area (Å²) >= 11 is 0.500. The van der Waals surface area contributed by atoms with E-state index < -0.39 is 0 Å². The Bertz CT molecular complexity index is 15.5. The van der Waals surface area contributed by atoms with Crippen molar-refractivity contribution in [3.8, 4) is 0 Å². The minimum atomic E-state index is 0. The van der Waals surface area contributed by atoms with Crippen LogP contribution in [0.15, 0.2) is 0 Å². The van der Waals surface area contributed by atoms with Gasteiger partial charge in [0, 0.05) is 0 Å². The summed E-state index contributed by atoms with van der Waals surface area (Å²) in [6, 6.07) is 0. The molecule has 0 aromatic rings. The summed E-state index contributed by atoms with van der Waals surface area (Å²) in [5, 5.41) is 0. The van der Waals surface area contributed by atoms with E-state index in [-0.39, 0.29) is 51.4 Å². The minimum absolute atomic E-state index is 0. The smallest absolute Gasteiger partial charge is 0.485 e. The van der Waals surface area contributed by atoms with Crippen LogP contribution in [0.4, 0.5) is 0 Å². The summed E-state index contributed by atoms with van der Waals surface area (Å²) in [7, 11) is 0. The summed E-state index contributed by atoms with van der Waals surface area (Å²) < 4.78 is 8.85. The zero-order chi connectivity index (χ0) is 2.71. The van der Waals surface area contributed by atoms with E-state index in [0.717, 1.165) is 0 Å². The average Bonchev–Trinajstić information content (AvgIpc) is 0.918. The maximum atomic E-state index is 8.85. The SMILES string of the molecule is C[S-]=O.[K+]. The van der Waals surface area contributed by atoms with Crippen molar-refractivity contribution in [2.45, 2.75) is 0 Å². The van der Waals surface area contributed by atoms with Gasteiger partial charge < -0.3 is 15.9 Å². The second-order valence-corrected chi connectivity index (χ2v) is 0.500. The van der Waals surface area contributed by atoms with Crippen molar-refractivity contribution in [2.24, 2.45) is 0 Å². The second kappa shape index (κ2) is 8.84. The van der Waals surface area contributed by atoms with Gasteiger partial charge in [0.15, 0.2) is 0 Å². The van der Waals surface area contributed by atoms with Gasteiger partial charge in [-0.15, -0.1) is 6.26 Å². The molecular weight excluding hydrogens is 99.2 g/mol. The molecule has 0 N–H and O–H groups in total. The Kier molecular flexibility index (Phi) is 20.4. The van der Waals surface area contributed by atoms with Crippen molar-refractivity contribution in [1.29, 1.82) is 0 Å². The van der Waals surface area contributed by atoms with Crippen LogP contribution < -0.4 is 51.4 Å². The first-order valence-electron chi connectivity index (χ1n) is 0.575. The maximum Gasteiger partial charge on any atom is 1.00 e. The molecule has 0 aliphatic heterocycles. The van der Waals surface area contributed by atoms with Crippen LogP contribution in [0.5, 0.6) is 0 Å². The van der Waals surface area contributed by atoms with Gasteiger partial charge in [-0.05, 0) is 0 Å². The quantitative estimate of drug-likeness (QED) is 0.236. The third kappa shape index (κ3) is 9.21. The van der Waals surface area contributed by atoms with E-state index >= 15 is 0 Å². The molecule has 0 spiro atoms. The van der Waals surface area contributed by atoms with E-state index in [0.29, 0.717) is 11.7 Å². The van der Waals surface area contributed by atoms with Crippen LogP contribution in [-0.4, -0.2) is 6.26 Å². The van der Waals surface area contributed by atoms with Crippen LogP contribution in [0.2, 0.25) is 0 Å². The fourth-order valence-corrected chi connectivity index (χ4v) is 0. The molecule has 0 radical (unpaired) electrons. The van der Waals surface area contributed by atoms with Gasteiger partial charge in [-0.3, -0.25) is 0 Å². The van der Waals surface area contributed by atoms with Crippen molar-refractivity contribution >= 4 is 11.7 Å². The van der Waals surface area contributed by atoms with Crippen LogP contribution in [0.3, 0.4) is 0 Å². The first-order chi connectivity index (χ1) is 1.41. The van der Waals surface area contributed by atoms with Crippen LogP contribution in [0.1, 0.15) is 0 Å². The molecule has 0 fully saturated rings. The molecule has 0 aromatic carbocycles. The van der Waals surface area contributed by atoms with Crippen LogP contribution in [0, 0.1) is 0 Å². The van der Waals surface area contributed by atoms with Crippen molar-refractivity contribution in [3.63, 3.8) is 0 Å². The Morgan fingerprint density at radius 2 is 1.75 bits per heavy atom. The molecule has 0 rings (SSSR count). The average molecular weight is 102 g/mol. The Labute approximate surface area is 72.1 Å². The van der Waals surface area contributed by atoms with Gasteiger partial charge in [0.2, 0.25) is 0 Å². The second-order valence-electron chi connectivity index (χ2n) is 0.167. The monoisotopic (exact) mass is 102 g/mol. The van der Waals surface area contributed by atoms with Crippen molar-refractivity contribution in [1.82, 2.24) is 0 Å². The molecule has 0 aliphatic carbocycles. The van der Waals surface area contributed by atoms with E-state index in [1.165, 1.54) is 6.26 Å². The van der Waals surface area contributed by atoms with E-state index in [1.807, 2.05) is 0 Å². The maximum absolute atomic E-state index is 8.85. The molecule has 0 aromatic heterocycles.